The summed E-state index contributed by atoms with van der Waals surface area (Å²) in [5.41, 5.74) is 3.61. The van der Waals surface area contributed by atoms with Crippen LogP contribution in [0.25, 0.3) is 0 Å². The molecule has 0 amide bonds. The Labute approximate surface area is 153 Å². The van der Waals surface area contributed by atoms with E-state index in [-0.39, 0.29) is 16.9 Å². The lowest BCUT2D eigenvalue weighted by Crippen LogP contribution is -2.30. The molecule has 0 heterocycles. The third kappa shape index (κ3) is 2.87. The molecular formula is C20H22Cl2O2. The Kier molecular flexibility index (Phi) is 4.72. The van der Waals surface area contributed by atoms with E-state index >= 15 is 0 Å². The third-order valence-corrected chi connectivity index (χ3v) is 5.90. The first-order valence-corrected chi connectivity index (χ1v) is 9.10. The summed E-state index contributed by atoms with van der Waals surface area (Å²) in [6, 6.07) is 7.82. The van der Waals surface area contributed by atoms with E-state index in [1.807, 2.05) is 38.1 Å². The number of halogens is 2. The van der Waals surface area contributed by atoms with Gasteiger partial charge in [-0.1, -0.05) is 54.6 Å². The maximum absolute atomic E-state index is 10.0. The number of hydrogen-bond acceptors (Lipinski definition) is 2. The molecule has 1 aliphatic rings. The molecule has 0 bridgehead atoms. The van der Waals surface area contributed by atoms with E-state index in [1.165, 1.54) is 6.42 Å². The highest BCUT2D eigenvalue weighted by Gasteiger charge is 2.37. The number of aryl methyl sites for hydroxylation is 2. The minimum absolute atomic E-state index is 0.145. The predicted octanol–water partition coefficient (Wildman–Crippen LogP) is 6.27. The summed E-state index contributed by atoms with van der Waals surface area (Å²) in [5.74, 6) is 0.289. The van der Waals surface area contributed by atoms with Gasteiger partial charge in [0.05, 0.1) is 10.0 Å². The van der Waals surface area contributed by atoms with Gasteiger partial charge in [0.2, 0.25) is 0 Å². The van der Waals surface area contributed by atoms with Gasteiger partial charge in [0.15, 0.2) is 0 Å². The number of benzene rings is 2. The van der Waals surface area contributed by atoms with Crippen LogP contribution in [0.1, 0.15) is 54.4 Å². The van der Waals surface area contributed by atoms with E-state index in [2.05, 4.69) is 0 Å². The average molecular weight is 365 g/mol. The molecule has 128 valence electrons. The minimum Gasteiger partial charge on any atom is -0.506 e. The van der Waals surface area contributed by atoms with Crippen molar-refractivity contribution in [3.8, 4) is 11.5 Å². The highest BCUT2D eigenvalue weighted by molar-refractivity contribution is 6.32. The Morgan fingerprint density at radius 3 is 1.54 bits per heavy atom. The molecule has 2 N–H and O–H groups in total. The summed E-state index contributed by atoms with van der Waals surface area (Å²) in [4.78, 5) is 0. The molecule has 1 fully saturated rings. The summed E-state index contributed by atoms with van der Waals surface area (Å²) in [7, 11) is 0. The maximum Gasteiger partial charge on any atom is 0.137 e. The highest BCUT2D eigenvalue weighted by atomic mass is 35.5. The van der Waals surface area contributed by atoms with Crippen molar-refractivity contribution in [2.45, 2.75) is 51.4 Å². The molecule has 4 heteroatoms. The van der Waals surface area contributed by atoms with Crippen molar-refractivity contribution < 1.29 is 10.2 Å². The zero-order chi connectivity index (χ0) is 17.5. The Morgan fingerprint density at radius 2 is 1.17 bits per heavy atom. The van der Waals surface area contributed by atoms with Crippen LogP contribution in [0.5, 0.6) is 11.5 Å². The fourth-order valence-corrected chi connectivity index (χ4v) is 4.46. The topological polar surface area (TPSA) is 40.5 Å². The fraction of sp³-hybridized carbons (Fsp3) is 0.400. The number of phenolic OH excluding ortho intramolecular Hbond substituents is 2. The summed E-state index contributed by atoms with van der Waals surface area (Å²) in [6.45, 7) is 3.74. The Morgan fingerprint density at radius 1 is 0.750 bits per heavy atom. The van der Waals surface area contributed by atoms with E-state index in [0.29, 0.717) is 10.0 Å². The number of rotatable bonds is 2. The van der Waals surface area contributed by atoms with E-state index in [4.69, 9.17) is 23.2 Å². The van der Waals surface area contributed by atoms with Gasteiger partial charge in [0.1, 0.15) is 11.5 Å². The largest absolute Gasteiger partial charge is 0.506 e. The molecule has 0 unspecified atom stereocenters. The number of hydrogen-bond donors (Lipinski definition) is 2. The van der Waals surface area contributed by atoms with Gasteiger partial charge in [-0.05, 0) is 61.1 Å². The van der Waals surface area contributed by atoms with Crippen LogP contribution in [0, 0.1) is 13.8 Å². The van der Waals surface area contributed by atoms with Crippen molar-refractivity contribution in [2.24, 2.45) is 0 Å². The average Bonchev–Trinajstić information content (AvgIpc) is 2.57. The van der Waals surface area contributed by atoms with Gasteiger partial charge < -0.3 is 10.2 Å². The minimum atomic E-state index is -0.178. The smallest absolute Gasteiger partial charge is 0.137 e. The zero-order valence-electron chi connectivity index (χ0n) is 14.0. The fourth-order valence-electron chi connectivity index (χ4n) is 3.92. The quantitative estimate of drug-likeness (QED) is 0.658. The second-order valence-corrected chi connectivity index (χ2v) is 7.70. The van der Waals surface area contributed by atoms with Gasteiger partial charge in [0.25, 0.3) is 0 Å². The van der Waals surface area contributed by atoms with E-state index in [9.17, 15) is 10.2 Å². The van der Waals surface area contributed by atoms with Gasteiger partial charge in [-0.3, -0.25) is 0 Å². The van der Waals surface area contributed by atoms with Crippen LogP contribution < -0.4 is 0 Å². The molecule has 0 radical (unpaired) electrons. The van der Waals surface area contributed by atoms with E-state index < -0.39 is 0 Å². The first-order valence-electron chi connectivity index (χ1n) is 8.34. The van der Waals surface area contributed by atoms with Crippen molar-refractivity contribution in [2.75, 3.05) is 0 Å². The van der Waals surface area contributed by atoms with Gasteiger partial charge in [-0.15, -0.1) is 0 Å². The summed E-state index contributed by atoms with van der Waals surface area (Å²) in [5, 5.41) is 20.8. The van der Waals surface area contributed by atoms with Crippen LogP contribution in [-0.2, 0) is 5.41 Å². The molecule has 0 aliphatic heterocycles. The van der Waals surface area contributed by atoms with E-state index in [1.54, 1.807) is 0 Å². The van der Waals surface area contributed by atoms with Gasteiger partial charge in [-0.25, -0.2) is 0 Å². The van der Waals surface area contributed by atoms with Crippen molar-refractivity contribution in [3.63, 3.8) is 0 Å². The van der Waals surface area contributed by atoms with Crippen molar-refractivity contribution in [1.82, 2.24) is 0 Å². The molecule has 0 spiro atoms. The summed E-state index contributed by atoms with van der Waals surface area (Å²) >= 11 is 12.5. The highest BCUT2D eigenvalue weighted by Crippen LogP contribution is 2.48. The van der Waals surface area contributed by atoms with Crippen molar-refractivity contribution in [3.05, 3.63) is 56.6 Å². The molecule has 0 atom stereocenters. The number of phenols is 2. The predicted molar refractivity (Wildman–Crippen MR) is 99.6 cm³/mol. The van der Waals surface area contributed by atoms with Gasteiger partial charge in [0, 0.05) is 5.41 Å². The monoisotopic (exact) mass is 364 g/mol. The lowest BCUT2D eigenvalue weighted by atomic mass is 9.65. The lowest BCUT2D eigenvalue weighted by Gasteiger charge is -2.39. The van der Waals surface area contributed by atoms with Crippen LogP contribution in [0.3, 0.4) is 0 Å². The van der Waals surface area contributed by atoms with Crippen LogP contribution in [0.4, 0.5) is 0 Å². The van der Waals surface area contributed by atoms with Crippen molar-refractivity contribution >= 4 is 23.2 Å². The summed E-state index contributed by atoms with van der Waals surface area (Å²) < 4.78 is 0. The molecule has 2 nitrogen and oxygen atoms in total. The molecular weight excluding hydrogens is 343 g/mol. The van der Waals surface area contributed by atoms with Crippen molar-refractivity contribution in [1.29, 1.82) is 0 Å². The first-order chi connectivity index (χ1) is 11.3. The first kappa shape index (κ1) is 17.4. The van der Waals surface area contributed by atoms with Gasteiger partial charge in [-0.2, -0.15) is 0 Å². The Hall–Kier alpha value is -1.38. The van der Waals surface area contributed by atoms with Crippen LogP contribution in [-0.4, -0.2) is 10.2 Å². The zero-order valence-corrected chi connectivity index (χ0v) is 15.5. The molecule has 1 aliphatic carbocycles. The molecule has 0 aromatic heterocycles. The molecule has 24 heavy (non-hydrogen) atoms. The summed E-state index contributed by atoms with van der Waals surface area (Å²) in [6.07, 6.45) is 5.50. The molecule has 2 aromatic rings. The lowest BCUT2D eigenvalue weighted by molar-refractivity contribution is 0.345. The SMILES string of the molecule is Cc1cc(C2(c3cc(C)c(O)c(Cl)c3)CCCCC2)cc(Cl)c1O. The third-order valence-electron chi connectivity index (χ3n) is 5.32. The maximum atomic E-state index is 10.0. The molecule has 3 rings (SSSR count). The van der Waals surface area contributed by atoms with Crippen LogP contribution >= 0.6 is 23.2 Å². The van der Waals surface area contributed by atoms with Crippen LogP contribution in [0.15, 0.2) is 24.3 Å². The normalized spacial score (nSPS) is 17.0. The number of aromatic hydroxyl groups is 2. The van der Waals surface area contributed by atoms with Gasteiger partial charge >= 0.3 is 0 Å². The second kappa shape index (κ2) is 6.50. The Bertz CT molecular complexity index is 672. The molecule has 1 saturated carbocycles. The Balaban J connectivity index is 2.23. The molecule has 0 saturated heterocycles. The molecule has 2 aromatic carbocycles. The van der Waals surface area contributed by atoms with Crippen LogP contribution in [0.2, 0.25) is 10.0 Å². The standard InChI is InChI=1S/C20H22Cl2O2/c1-12-8-14(10-16(21)18(12)23)20(6-4-3-5-7-20)15-9-13(2)19(24)17(22)11-15/h8-11,23-24H,3-7H2,1-2H3. The van der Waals surface area contributed by atoms with E-state index in [0.717, 1.165) is 47.9 Å². The second-order valence-electron chi connectivity index (χ2n) is 6.89.